The molecule has 28 heavy (non-hydrogen) atoms. The van der Waals surface area contributed by atoms with E-state index >= 15 is 0 Å². The molecule has 3 aromatic rings. The molecule has 0 aliphatic carbocycles. The van der Waals surface area contributed by atoms with Crippen molar-refractivity contribution in [3.05, 3.63) is 41.0 Å². The number of anilines is 1. The Bertz CT molecular complexity index is 1060. The maximum absolute atomic E-state index is 12.4. The number of carbonyl (C=O) groups is 3. The minimum absolute atomic E-state index is 0.133. The van der Waals surface area contributed by atoms with Gasteiger partial charge >= 0.3 is 5.97 Å². The number of nitrogens with two attached hydrogens (primary N) is 1. The zero-order chi connectivity index (χ0) is 20.4. The van der Waals surface area contributed by atoms with Crippen LogP contribution in [-0.4, -0.2) is 38.7 Å². The van der Waals surface area contributed by atoms with Gasteiger partial charge in [0.25, 0.3) is 11.8 Å². The minimum Gasteiger partial charge on any atom is -0.449 e. The first-order valence-corrected chi connectivity index (χ1v) is 9.38. The van der Waals surface area contributed by atoms with Gasteiger partial charge in [-0.25, -0.2) is 14.5 Å². The first-order chi connectivity index (χ1) is 13.3. The number of primary amides is 1. The van der Waals surface area contributed by atoms with Crippen molar-refractivity contribution < 1.29 is 19.1 Å². The fraction of sp³-hybridized carbons (Fsp3) is 0.278. The third-order valence-corrected chi connectivity index (χ3v) is 4.81. The Hall–Kier alpha value is -3.27. The van der Waals surface area contributed by atoms with Crippen LogP contribution in [0.5, 0.6) is 0 Å². The second kappa shape index (κ2) is 7.77. The molecule has 0 aliphatic heterocycles. The quantitative estimate of drug-likeness (QED) is 0.610. The summed E-state index contributed by atoms with van der Waals surface area (Å²) in [6.07, 6.45) is 1.93. The van der Waals surface area contributed by atoms with E-state index in [2.05, 4.69) is 15.4 Å². The fourth-order valence-corrected chi connectivity index (χ4v) is 3.32. The molecule has 0 saturated carbocycles. The number of thiophene rings is 1. The molecular formula is C18H19N5O4S. The first-order valence-electron chi connectivity index (χ1n) is 8.50. The summed E-state index contributed by atoms with van der Waals surface area (Å²) in [5.41, 5.74) is 6.33. The van der Waals surface area contributed by atoms with Crippen LogP contribution in [0.2, 0.25) is 0 Å². The Balaban J connectivity index is 1.69. The lowest BCUT2D eigenvalue weighted by atomic mass is 10.2. The van der Waals surface area contributed by atoms with E-state index in [0.29, 0.717) is 16.0 Å². The van der Waals surface area contributed by atoms with E-state index in [1.165, 1.54) is 19.2 Å². The lowest BCUT2D eigenvalue weighted by Crippen LogP contribution is -2.30. The van der Waals surface area contributed by atoms with Crippen LogP contribution in [0.4, 0.5) is 5.00 Å². The number of ether oxygens (including phenoxy) is 1. The molecule has 3 N–H and O–H groups in total. The van der Waals surface area contributed by atoms with E-state index in [1.54, 1.807) is 22.3 Å². The molecule has 9 nitrogen and oxygen atoms in total. The number of fused-ring (bicyclic) bond motifs is 1. The summed E-state index contributed by atoms with van der Waals surface area (Å²) >= 11 is 1.15. The molecule has 146 valence electrons. The average Bonchev–Trinajstić information content (AvgIpc) is 3.27. The molecule has 0 spiro atoms. The normalized spacial score (nSPS) is 12.1. The number of hydrogen-bond donors (Lipinski definition) is 2. The average molecular weight is 401 g/mol. The monoisotopic (exact) mass is 401 g/mol. The van der Waals surface area contributed by atoms with Gasteiger partial charge in [-0.3, -0.25) is 9.59 Å². The van der Waals surface area contributed by atoms with Crippen molar-refractivity contribution in [2.75, 3.05) is 5.32 Å². The topological polar surface area (TPSA) is 129 Å². The maximum atomic E-state index is 12.4. The molecule has 0 aromatic carbocycles. The van der Waals surface area contributed by atoms with Gasteiger partial charge in [-0.05, 0) is 38.3 Å². The summed E-state index contributed by atoms with van der Waals surface area (Å²) in [6.45, 7) is 5.40. The van der Waals surface area contributed by atoms with Gasteiger partial charge in [0.15, 0.2) is 11.8 Å². The van der Waals surface area contributed by atoms with Gasteiger partial charge in [-0.1, -0.05) is 0 Å². The number of aromatic nitrogens is 3. The van der Waals surface area contributed by atoms with Gasteiger partial charge in [0.1, 0.15) is 5.00 Å². The van der Waals surface area contributed by atoms with E-state index in [-0.39, 0.29) is 17.2 Å². The number of esters is 1. The van der Waals surface area contributed by atoms with Gasteiger partial charge in [0, 0.05) is 17.6 Å². The van der Waals surface area contributed by atoms with Crippen molar-refractivity contribution in [3.63, 3.8) is 0 Å². The highest BCUT2D eigenvalue weighted by Crippen LogP contribution is 2.23. The molecule has 0 saturated heterocycles. The number of nitrogens with zero attached hydrogens (tertiary/aromatic N) is 3. The second-order valence-corrected chi connectivity index (χ2v) is 7.30. The summed E-state index contributed by atoms with van der Waals surface area (Å²) in [6, 6.07) is 3.26. The lowest BCUT2D eigenvalue weighted by Gasteiger charge is -2.13. The zero-order valence-corrected chi connectivity index (χ0v) is 16.3. The third-order valence-electron chi connectivity index (χ3n) is 3.98. The predicted molar refractivity (Wildman–Crippen MR) is 104 cm³/mol. The number of rotatable bonds is 6. The van der Waals surface area contributed by atoms with Crippen LogP contribution >= 0.6 is 11.3 Å². The molecule has 0 bridgehead atoms. The summed E-state index contributed by atoms with van der Waals surface area (Å²) in [7, 11) is 0. The standard InChI is InChI=1S/C18H19N5O4S/c1-9(2)23-15-11(8-21-23)6-12(7-20-15)18(26)27-10(3)16(25)22-17-13(14(19)24)4-5-28-17/h4-10H,1-3H3,(H2,19,24)(H,22,25). The molecule has 0 aliphatic rings. The molecular weight excluding hydrogens is 382 g/mol. The Morgan fingerprint density at radius 1 is 1.25 bits per heavy atom. The summed E-state index contributed by atoms with van der Waals surface area (Å²) in [5, 5.41) is 9.43. The number of pyridine rings is 1. The van der Waals surface area contributed by atoms with Crippen molar-refractivity contribution in [1.82, 2.24) is 14.8 Å². The SMILES string of the molecule is CC(OC(=O)c1cnc2c(cnn2C(C)C)c1)C(=O)Nc1sccc1C(N)=O. The van der Waals surface area contributed by atoms with Crippen LogP contribution in [0.1, 0.15) is 47.5 Å². The molecule has 3 rings (SSSR count). The van der Waals surface area contributed by atoms with E-state index in [1.807, 2.05) is 13.8 Å². The number of amides is 2. The van der Waals surface area contributed by atoms with Gasteiger partial charge in [0.2, 0.25) is 0 Å². The Labute approximate surface area is 164 Å². The lowest BCUT2D eigenvalue weighted by molar-refractivity contribution is -0.123. The first kappa shape index (κ1) is 19.5. The van der Waals surface area contributed by atoms with Crippen molar-refractivity contribution >= 4 is 45.2 Å². The Kier molecular flexibility index (Phi) is 5.41. The molecule has 3 aromatic heterocycles. The van der Waals surface area contributed by atoms with Crippen molar-refractivity contribution in [2.24, 2.45) is 5.73 Å². The van der Waals surface area contributed by atoms with Crippen LogP contribution < -0.4 is 11.1 Å². The Morgan fingerprint density at radius 2 is 2.00 bits per heavy atom. The highest BCUT2D eigenvalue weighted by Gasteiger charge is 2.22. The van der Waals surface area contributed by atoms with E-state index in [4.69, 9.17) is 10.5 Å². The van der Waals surface area contributed by atoms with Crippen LogP contribution in [0.3, 0.4) is 0 Å². The molecule has 0 radical (unpaired) electrons. The summed E-state index contributed by atoms with van der Waals surface area (Å²) in [4.78, 5) is 40.3. The molecule has 3 heterocycles. The van der Waals surface area contributed by atoms with Gasteiger partial charge in [-0.2, -0.15) is 5.10 Å². The number of nitrogens with one attached hydrogen (secondary N) is 1. The van der Waals surface area contributed by atoms with E-state index in [9.17, 15) is 14.4 Å². The summed E-state index contributed by atoms with van der Waals surface area (Å²) < 4.78 is 6.97. The van der Waals surface area contributed by atoms with Crippen LogP contribution in [-0.2, 0) is 9.53 Å². The summed E-state index contributed by atoms with van der Waals surface area (Å²) in [5.74, 6) is -1.90. The molecule has 10 heteroatoms. The smallest absolute Gasteiger partial charge is 0.340 e. The molecule has 0 fully saturated rings. The van der Waals surface area contributed by atoms with Crippen molar-refractivity contribution in [3.8, 4) is 0 Å². The van der Waals surface area contributed by atoms with Crippen molar-refractivity contribution in [2.45, 2.75) is 32.9 Å². The maximum Gasteiger partial charge on any atom is 0.340 e. The van der Waals surface area contributed by atoms with Crippen LogP contribution in [0, 0.1) is 0 Å². The number of hydrogen-bond acceptors (Lipinski definition) is 7. The molecule has 1 unspecified atom stereocenters. The molecule has 1 atom stereocenters. The second-order valence-electron chi connectivity index (χ2n) is 6.38. The van der Waals surface area contributed by atoms with Gasteiger partial charge in [0.05, 0.1) is 17.3 Å². The van der Waals surface area contributed by atoms with Crippen LogP contribution in [0.25, 0.3) is 11.0 Å². The Morgan fingerprint density at radius 3 is 2.68 bits per heavy atom. The van der Waals surface area contributed by atoms with Crippen LogP contribution in [0.15, 0.2) is 29.9 Å². The highest BCUT2D eigenvalue weighted by molar-refractivity contribution is 7.14. The largest absolute Gasteiger partial charge is 0.449 e. The minimum atomic E-state index is -1.08. The number of carbonyl (C=O) groups excluding carboxylic acids is 3. The predicted octanol–water partition coefficient (Wildman–Crippen LogP) is 2.36. The fourth-order valence-electron chi connectivity index (χ4n) is 2.53. The third kappa shape index (κ3) is 3.86. The van der Waals surface area contributed by atoms with Crippen molar-refractivity contribution in [1.29, 1.82) is 0 Å². The van der Waals surface area contributed by atoms with E-state index in [0.717, 1.165) is 11.3 Å². The van der Waals surface area contributed by atoms with Gasteiger partial charge < -0.3 is 15.8 Å². The van der Waals surface area contributed by atoms with Gasteiger partial charge in [-0.15, -0.1) is 11.3 Å². The zero-order valence-electron chi connectivity index (χ0n) is 15.5. The molecule has 2 amide bonds. The highest BCUT2D eigenvalue weighted by atomic mass is 32.1. The van der Waals surface area contributed by atoms with E-state index < -0.39 is 23.9 Å².